The van der Waals surface area contributed by atoms with E-state index in [-0.39, 0.29) is 25.0 Å². The van der Waals surface area contributed by atoms with Crippen molar-refractivity contribution in [2.24, 2.45) is 0 Å². The second-order valence-corrected chi connectivity index (χ2v) is 4.64. The molecule has 1 aromatic carbocycles. The van der Waals surface area contributed by atoms with Crippen LogP contribution in [0.15, 0.2) is 36.4 Å². The molecule has 0 spiro atoms. The molecule has 0 radical (unpaired) electrons. The fourth-order valence-corrected chi connectivity index (χ4v) is 1.94. The number of carbonyl (C=O) groups excluding carboxylic acids is 2. The van der Waals surface area contributed by atoms with Crippen molar-refractivity contribution in [3.05, 3.63) is 42.2 Å². The molecule has 1 aromatic heterocycles. The summed E-state index contributed by atoms with van der Waals surface area (Å²) >= 11 is 0. The molecule has 1 heterocycles. The van der Waals surface area contributed by atoms with E-state index in [1.54, 1.807) is 11.5 Å². The van der Waals surface area contributed by atoms with Gasteiger partial charge in [0.2, 0.25) is 5.91 Å². The second kappa shape index (κ2) is 6.21. The molecule has 0 atom stereocenters. The number of benzene rings is 1. The molecule has 0 aliphatic rings. The van der Waals surface area contributed by atoms with Gasteiger partial charge in [-0.05, 0) is 19.1 Å². The van der Waals surface area contributed by atoms with E-state index in [4.69, 9.17) is 4.74 Å². The highest BCUT2D eigenvalue weighted by Gasteiger charge is 2.14. The molecule has 21 heavy (non-hydrogen) atoms. The van der Waals surface area contributed by atoms with Gasteiger partial charge in [-0.25, -0.2) is 4.98 Å². The molecular formula is C15H17N3O3. The Balaban J connectivity index is 2.32. The fraction of sp³-hybridized carbons (Fsp3) is 0.267. The Morgan fingerprint density at radius 3 is 2.76 bits per heavy atom. The van der Waals surface area contributed by atoms with E-state index in [2.05, 4.69) is 16.9 Å². The van der Waals surface area contributed by atoms with Gasteiger partial charge in [0, 0.05) is 5.57 Å². The molecular weight excluding hydrogens is 270 g/mol. The molecule has 0 unspecified atom stereocenters. The summed E-state index contributed by atoms with van der Waals surface area (Å²) in [4.78, 5) is 27.6. The third-order valence-electron chi connectivity index (χ3n) is 3.04. The van der Waals surface area contributed by atoms with Crippen LogP contribution in [0.5, 0.6) is 0 Å². The van der Waals surface area contributed by atoms with Gasteiger partial charge in [0.05, 0.1) is 24.7 Å². The zero-order valence-corrected chi connectivity index (χ0v) is 12.0. The molecule has 1 N–H and O–H groups in total. The van der Waals surface area contributed by atoms with Crippen molar-refractivity contribution < 1.29 is 14.3 Å². The molecule has 6 nitrogen and oxygen atoms in total. The second-order valence-electron chi connectivity index (χ2n) is 4.64. The Bertz CT molecular complexity index is 703. The number of nitrogens with zero attached hydrogens (tertiary/aromatic N) is 2. The first kappa shape index (κ1) is 14.8. The number of nitrogens with one attached hydrogen (secondary N) is 1. The molecule has 0 aliphatic carbocycles. The number of rotatable bonds is 5. The van der Waals surface area contributed by atoms with Crippen LogP contribution in [0.4, 0.5) is 0 Å². The first-order chi connectivity index (χ1) is 10.0. The average molecular weight is 287 g/mol. The van der Waals surface area contributed by atoms with Crippen LogP contribution in [0, 0.1) is 0 Å². The van der Waals surface area contributed by atoms with Crippen LogP contribution >= 0.6 is 0 Å². The third-order valence-corrected chi connectivity index (χ3v) is 3.04. The highest BCUT2D eigenvalue weighted by atomic mass is 16.5. The van der Waals surface area contributed by atoms with Crippen LogP contribution in [0.2, 0.25) is 0 Å². The summed E-state index contributed by atoms with van der Waals surface area (Å²) in [6, 6.07) is 7.46. The van der Waals surface area contributed by atoms with E-state index in [0.717, 1.165) is 11.0 Å². The molecule has 2 rings (SSSR count). The largest absolute Gasteiger partial charge is 0.468 e. The van der Waals surface area contributed by atoms with Gasteiger partial charge >= 0.3 is 5.97 Å². The van der Waals surface area contributed by atoms with E-state index in [0.29, 0.717) is 11.4 Å². The molecule has 110 valence electrons. The Labute approximate surface area is 122 Å². The monoisotopic (exact) mass is 287 g/mol. The molecule has 0 saturated heterocycles. The van der Waals surface area contributed by atoms with Gasteiger partial charge in [0.15, 0.2) is 0 Å². The Morgan fingerprint density at radius 2 is 2.10 bits per heavy atom. The molecule has 0 fully saturated rings. The lowest BCUT2D eigenvalue weighted by Crippen LogP contribution is -2.25. The van der Waals surface area contributed by atoms with Gasteiger partial charge in [-0.2, -0.15) is 0 Å². The zero-order valence-electron chi connectivity index (χ0n) is 12.0. The topological polar surface area (TPSA) is 73.2 Å². The predicted molar refractivity (Wildman–Crippen MR) is 78.4 cm³/mol. The highest BCUT2D eigenvalue weighted by molar-refractivity contribution is 5.92. The normalized spacial score (nSPS) is 10.4. The number of esters is 1. The average Bonchev–Trinajstić information content (AvgIpc) is 2.82. The molecule has 0 saturated carbocycles. The third kappa shape index (κ3) is 3.28. The fourth-order valence-electron chi connectivity index (χ4n) is 1.94. The number of imidazole rings is 1. The highest BCUT2D eigenvalue weighted by Crippen LogP contribution is 2.16. The van der Waals surface area contributed by atoms with E-state index in [1.165, 1.54) is 7.11 Å². The van der Waals surface area contributed by atoms with Gasteiger partial charge in [-0.15, -0.1) is 0 Å². The minimum absolute atomic E-state index is 0.0509. The summed E-state index contributed by atoms with van der Waals surface area (Å²) in [5.41, 5.74) is 2.01. The molecule has 6 heteroatoms. The molecule has 0 bridgehead atoms. The number of para-hydroxylation sites is 2. The van der Waals surface area contributed by atoms with E-state index < -0.39 is 0 Å². The SMILES string of the molecule is C=C(C)C(=O)NCc1nc2ccccc2n1CC(=O)OC. The zero-order chi connectivity index (χ0) is 15.4. The van der Waals surface area contributed by atoms with Crippen molar-refractivity contribution in [2.45, 2.75) is 20.0 Å². The summed E-state index contributed by atoms with van der Waals surface area (Å²) in [6.45, 7) is 5.48. The van der Waals surface area contributed by atoms with Crippen LogP contribution in [0.1, 0.15) is 12.7 Å². The molecule has 2 aromatic rings. The standard InChI is InChI=1S/C15H17N3O3/c1-10(2)15(20)16-8-13-17-11-6-4-5-7-12(11)18(13)9-14(19)21-3/h4-7H,1,8-9H2,2-3H3,(H,16,20). The smallest absolute Gasteiger partial charge is 0.325 e. The van der Waals surface area contributed by atoms with Crippen molar-refractivity contribution in [1.82, 2.24) is 14.9 Å². The Kier molecular flexibility index (Phi) is 4.37. The number of methoxy groups -OCH3 is 1. The number of fused-ring (bicyclic) bond motifs is 1. The van der Waals surface area contributed by atoms with Crippen molar-refractivity contribution >= 4 is 22.9 Å². The molecule has 0 aliphatic heterocycles. The van der Waals surface area contributed by atoms with Crippen molar-refractivity contribution in [2.75, 3.05) is 7.11 Å². The molecule has 1 amide bonds. The minimum atomic E-state index is -0.370. The van der Waals surface area contributed by atoms with Gasteiger partial charge in [0.1, 0.15) is 12.4 Å². The van der Waals surface area contributed by atoms with Crippen molar-refractivity contribution in [3.8, 4) is 0 Å². The number of carbonyl (C=O) groups is 2. The van der Waals surface area contributed by atoms with Crippen LogP contribution in [-0.4, -0.2) is 28.5 Å². The Hall–Kier alpha value is -2.63. The Morgan fingerprint density at radius 1 is 1.38 bits per heavy atom. The van der Waals surface area contributed by atoms with Gasteiger partial charge in [-0.3, -0.25) is 9.59 Å². The van der Waals surface area contributed by atoms with E-state index in [1.807, 2.05) is 24.3 Å². The van der Waals surface area contributed by atoms with Crippen LogP contribution < -0.4 is 5.32 Å². The summed E-state index contributed by atoms with van der Waals surface area (Å²) < 4.78 is 6.44. The van der Waals surface area contributed by atoms with Gasteiger partial charge in [0.25, 0.3) is 0 Å². The predicted octanol–water partition coefficient (Wildman–Crippen LogP) is 1.40. The first-order valence-corrected chi connectivity index (χ1v) is 6.47. The van der Waals surface area contributed by atoms with Crippen LogP contribution in [0.3, 0.4) is 0 Å². The summed E-state index contributed by atoms with van der Waals surface area (Å²) in [5.74, 6) is -0.0199. The van der Waals surface area contributed by atoms with Crippen LogP contribution in [0.25, 0.3) is 11.0 Å². The number of hydrogen-bond donors (Lipinski definition) is 1. The lowest BCUT2D eigenvalue weighted by Gasteiger charge is -2.09. The van der Waals surface area contributed by atoms with Gasteiger partial charge in [-0.1, -0.05) is 18.7 Å². The maximum atomic E-state index is 11.6. The van der Waals surface area contributed by atoms with Crippen molar-refractivity contribution in [1.29, 1.82) is 0 Å². The first-order valence-electron chi connectivity index (χ1n) is 6.47. The number of ether oxygens (including phenoxy) is 1. The number of aromatic nitrogens is 2. The lowest BCUT2D eigenvalue weighted by atomic mass is 10.3. The lowest BCUT2D eigenvalue weighted by molar-refractivity contribution is -0.141. The quantitative estimate of drug-likeness (QED) is 0.666. The maximum Gasteiger partial charge on any atom is 0.325 e. The van der Waals surface area contributed by atoms with E-state index >= 15 is 0 Å². The summed E-state index contributed by atoms with van der Waals surface area (Å²) in [6.07, 6.45) is 0. The summed E-state index contributed by atoms with van der Waals surface area (Å²) in [5, 5.41) is 2.72. The van der Waals surface area contributed by atoms with Crippen LogP contribution in [-0.2, 0) is 27.4 Å². The maximum absolute atomic E-state index is 11.6. The number of hydrogen-bond acceptors (Lipinski definition) is 4. The summed E-state index contributed by atoms with van der Waals surface area (Å²) in [7, 11) is 1.34. The van der Waals surface area contributed by atoms with Gasteiger partial charge < -0.3 is 14.6 Å². The minimum Gasteiger partial charge on any atom is -0.468 e. The van der Waals surface area contributed by atoms with E-state index in [9.17, 15) is 9.59 Å². The number of amides is 1. The van der Waals surface area contributed by atoms with Crippen molar-refractivity contribution in [3.63, 3.8) is 0 Å².